The first-order valence-corrected chi connectivity index (χ1v) is 7.40. The van der Waals surface area contributed by atoms with Crippen molar-refractivity contribution in [3.05, 3.63) is 29.3 Å². The summed E-state index contributed by atoms with van der Waals surface area (Å²) in [5, 5.41) is 3.01. The highest BCUT2D eigenvalue weighted by molar-refractivity contribution is 7.13. The Bertz CT molecular complexity index is 607. The van der Waals surface area contributed by atoms with Crippen LogP contribution in [0.25, 0.3) is 0 Å². The number of carbonyl (C=O) groups is 1. The molecule has 0 radical (unpaired) electrons. The molecular formula is C13H16N4O2S. The smallest absolute Gasteiger partial charge is 0.305 e. The zero-order chi connectivity index (χ0) is 13.9. The molecule has 0 atom stereocenters. The van der Waals surface area contributed by atoms with Crippen molar-refractivity contribution >= 4 is 22.4 Å². The molecule has 0 fully saturated rings. The minimum Gasteiger partial charge on any atom is -0.469 e. The minimum atomic E-state index is -0.195. The van der Waals surface area contributed by atoms with Crippen LogP contribution in [0.1, 0.15) is 17.9 Å². The second-order valence-corrected chi connectivity index (χ2v) is 5.49. The summed E-state index contributed by atoms with van der Waals surface area (Å²) in [7, 11) is 1.41. The first-order valence-electron chi connectivity index (χ1n) is 6.52. The first-order chi connectivity index (χ1) is 9.76. The highest BCUT2D eigenvalue weighted by Crippen LogP contribution is 2.24. The van der Waals surface area contributed by atoms with E-state index in [0.29, 0.717) is 12.8 Å². The summed E-state index contributed by atoms with van der Waals surface area (Å²) in [5.41, 5.74) is 0.948. The molecule has 0 aromatic carbocycles. The Labute approximate surface area is 121 Å². The van der Waals surface area contributed by atoms with Crippen molar-refractivity contribution in [2.24, 2.45) is 0 Å². The van der Waals surface area contributed by atoms with Gasteiger partial charge >= 0.3 is 5.97 Å². The topological polar surface area (TPSA) is 60.2 Å². The zero-order valence-electron chi connectivity index (χ0n) is 11.3. The fourth-order valence-electron chi connectivity index (χ4n) is 2.23. The summed E-state index contributed by atoms with van der Waals surface area (Å²) in [6.07, 6.45) is 4.86. The Hall–Kier alpha value is -1.89. The molecule has 0 spiro atoms. The molecule has 106 valence electrons. The standard InChI is InChI=1S/C13H16N4O2S/c1-19-12(18)3-2-10-9-20-13(15-10)17-7-6-16-5-4-14-11(16)8-17/h4-5,9H,2-3,6-8H2,1H3. The normalized spacial score (nSPS) is 14.2. The monoisotopic (exact) mass is 292 g/mol. The highest BCUT2D eigenvalue weighted by atomic mass is 32.1. The molecule has 0 saturated carbocycles. The van der Waals surface area contributed by atoms with Crippen molar-refractivity contribution < 1.29 is 9.53 Å². The van der Waals surface area contributed by atoms with Crippen LogP contribution in [0.5, 0.6) is 0 Å². The van der Waals surface area contributed by atoms with Crippen molar-refractivity contribution in [2.45, 2.75) is 25.9 Å². The van der Waals surface area contributed by atoms with Crippen molar-refractivity contribution in [2.75, 3.05) is 18.6 Å². The zero-order valence-corrected chi connectivity index (χ0v) is 12.1. The SMILES string of the molecule is COC(=O)CCc1csc(N2CCn3ccnc3C2)n1. The maximum absolute atomic E-state index is 11.1. The van der Waals surface area contributed by atoms with Gasteiger partial charge in [0.05, 0.1) is 25.8 Å². The molecule has 0 amide bonds. The van der Waals surface area contributed by atoms with Gasteiger partial charge in [-0.25, -0.2) is 9.97 Å². The maximum Gasteiger partial charge on any atom is 0.305 e. The predicted molar refractivity (Wildman–Crippen MR) is 75.7 cm³/mol. The number of imidazole rings is 1. The number of hydrogen-bond donors (Lipinski definition) is 0. The molecule has 0 saturated heterocycles. The van der Waals surface area contributed by atoms with Crippen LogP contribution in [0.2, 0.25) is 0 Å². The summed E-state index contributed by atoms with van der Waals surface area (Å²) in [6.45, 7) is 2.66. The Morgan fingerprint density at radius 1 is 1.50 bits per heavy atom. The van der Waals surface area contributed by atoms with Gasteiger partial charge in [0.1, 0.15) is 5.82 Å². The molecule has 2 aromatic heterocycles. The van der Waals surface area contributed by atoms with Gasteiger partial charge in [-0.1, -0.05) is 0 Å². The number of hydrogen-bond acceptors (Lipinski definition) is 6. The molecule has 3 heterocycles. The average molecular weight is 292 g/mol. The number of methoxy groups -OCH3 is 1. The number of anilines is 1. The average Bonchev–Trinajstić information content (AvgIpc) is 3.12. The van der Waals surface area contributed by atoms with E-state index in [1.165, 1.54) is 7.11 Å². The lowest BCUT2D eigenvalue weighted by Gasteiger charge is -2.27. The summed E-state index contributed by atoms with van der Waals surface area (Å²) in [5.74, 6) is 0.877. The van der Waals surface area contributed by atoms with Gasteiger partial charge in [-0.3, -0.25) is 4.79 Å². The van der Waals surface area contributed by atoms with Gasteiger partial charge in [0.25, 0.3) is 0 Å². The van der Waals surface area contributed by atoms with E-state index >= 15 is 0 Å². The molecule has 6 nitrogen and oxygen atoms in total. The van der Waals surface area contributed by atoms with Crippen LogP contribution >= 0.6 is 11.3 Å². The number of carbonyl (C=O) groups excluding carboxylic acids is 1. The maximum atomic E-state index is 11.1. The third kappa shape index (κ3) is 2.67. The summed E-state index contributed by atoms with van der Waals surface area (Å²) in [6, 6.07) is 0. The molecule has 2 aromatic rings. The van der Waals surface area contributed by atoms with E-state index in [4.69, 9.17) is 0 Å². The summed E-state index contributed by atoms with van der Waals surface area (Å²) in [4.78, 5) is 22.3. The number of rotatable bonds is 4. The van der Waals surface area contributed by atoms with E-state index in [1.807, 2.05) is 17.8 Å². The fraction of sp³-hybridized carbons (Fsp3) is 0.462. The molecular weight excluding hydrogens is 276 g/mol. The molecule has 0 unspecified atom stereocenters. The quantitative estimate of drug-likeness (QED) is 0.799. The van der Waals surface area contributed by atoms with Crippen LogP contribution in [-0.2, 0) is 29.0 Å². The summed E-state index contributed by atoms with van der Waals surface area (Å²) >= 11 is 1.62. The van der Waals surface area contributed by atoms with Gasteiger partial charge in [-0.2, -0.15) is 0 Å². The molecule has 0 N–H and O–H groups in total. The summed E-state index contributed by atoms with van der Waals surface area (Å²) < 4.78 is 6.81. The van der Waals surface area contributed by atoms with Gasteiger partial charge in [-0.15, -0.1) is 11.3 Å². The van der Waals surface area contributed by atoms with E-state index < -0.39 is 0 Å². The van der Waals surface area contributed by atoms with Gasteiger partial charge < -0.3 is 14.2 Å². The lowest BCUT2D eigenvalue weighted by atomic mass is 10.2. The third-order valence-electron chi connectivity index (χ3n) is 3.37. The van der Waals surface area contributed by atoms with Gasteiger partial charge in [0, 0.05) is 37.3 Å². The van der Waals surface area contributed by atoms with Crippen LogP contribution in [0.3, 0.4) is 0 Å². The van der Waals surface area contributed by atoms with E-state index in [-0.39, 0.29) is 5.97 Å². The van der Waals surface area contributed by atoms with Gasteiger partial charge in [-0.05, 0) is 0 Å². The number of nitrogens with zero attached hydrogens (tertiary/aromatic N) is 4. The molecule has 1 aliphatic rings. The van der Waals surface area contributed by atoms with Crippen LogP contribution in [-0.4, -0.2) is 34.2 Å². The third-order valence-corrected chi connectivity index (χ3v) is 4.32. The molecule has 7 heteroatoms. The van der Waals surface area contributed by atoms with Crippen LogP contribution < -0.4 is 4.90 Å². The first kappa shape index (κ1) is 13.1. The minimum absolute atomic E-state index is 0.195. The predicted octanol–water partition coefficient (Wildman–Crippen LogP) is 1.47. The number of esters is 1. The second kappa shape index (κ2) is 5.62. The number of ether oxygens (including phenoxy) is 1. The molecule has 3 rings (SSSR count). The molecule has 1 aliphatic heterocycles. The number of aromatic nitrogens is 3. The molecule has 20 heavy (non-hydrogen) atoms. The van der Waals surface area contributed by atoms with Crippen molar-refractivity contribution in [3.8, 4) is 0 Å². The highest BCUT2D eigenvalue weighted by Gasteiger charge is 2.19. The number of thiazole rings is 1. The lowest BCUT2D eigenvalue weighted by molar-refractivity contribution is -0.140. The Balaban J connectivity index is 1.64. The lowest BCUT2D eigenvalue weighted by Crippen LogP contribution is -2.33. The van der Waals surface area contributed by atoms with Gasteiger partial charge in [0.2, 0.25) is 0 Å². The van der Waals surface area contributed by atoms with E-state index in [9.17, 15) is 4.79 Å². The number of fused-ring (bicyclic) bond motifs is 1. The van der Waals surface area contributed by atoms with E-state index in [2.05, 4.69) is 24.2 Å². The Morgan fingerprint density at radius 2 is 2.40 bits per heavy atom. The van der Waals surface area contributed by atoms with Crippen molar-refractivity contribution in [3.63, 3.8) is 0 Å². The second-order valence-electron chi connectivity index (χ2n) is 4.66. The van der Waals surface area contributed by atoms with E-state index in [0.717, 1.165) is 36.3 Å². The largest absolute Gasteiger partial charge is 0.469 e. The van der Waals surface area contributed by atoms with Gasteiger partial charge in [0.15, 0.2) is 5.13 Å². The molecule has 0 bridgehead atoms. The Morgan fingerprint density at radius 3 is 3.25 bits per heavy atom. The van der Waals surface area contributed by atoms with Crippen LogP contribution in [0.15, 0.2) is 17.8 Å². The van der Waals surface area contributed by atoms with Crippen molar-refractivity contribution in [1.82, 2.24) is 14.5 Å². The Kier molecular flexibility index (Phi) is 3.68. The van der Waals surface area contributed by atoms with Crippen molar-refractivity contribution in [1.29, 1.82) is 0 Å². The number of aryl methyl sites for hydroxylation is 1. The fourth-order valence-corrected chi connectivity index (χ4v) is 3.11. The van der Waals surface area contributed by atoms with E-state index in [1.54, 1.807) is 11.3 Å². The van der Waals surface area contributed by atoms with Crippen LogP contribution in [0, 0.1) is 0 Å². The molecule has 0 aliphatic carbocycles. The van der Waals surface area contributed by atoms with Crippen LogP contribution in [0.4, 0.5) is 5.13 Å².